The molecule has 1 fully saturated rings. The Bertz CT molecular complexity index is 626. The van der Waals surface area contributed by atoms with Gasteiger partial charge in [-0.3, -0.25) is 0 Å². The molecule has 1 aromatic rings. The van der Waals surface area contributed by atoms with Crippen molar-refractivity contribution < 1.29 is 13.5 Å². The van der Waals surface area contributed by atoms with Crippen LogP contribution in [0, 0.1) is 5.92 Å². The minimum absolute atomic E-state index is 0.0346. The van der Waals surface area contributed by atoms with Crippen LogP contribution in [-0.2, 0) is 16.3 Å². The van der Waals surface area contributed by atoms with Crippen molar-refractivity contribution in [1.29, 1.82) is 0 Å². The lowest BCUT2D eigenvalue weighted by Gasteiger charge is -2.32. The van der Waals surface area contributed by atoms with E-state index in [1.807, 2.05) is 12.1 Å². The summed E-state index contributed by atoms with van der Waals surface area (Å²) in [5, 5.41) is 13.8. The van der Waals surface area contributed by atoms with Gasteiger partial charge in [0.25, 0.3) is 0 Å². The number of rotatable bonds is 3. The summed E-state index contributed by atoms with van der Waals surface area (Å²) < 4.78 is 23.6. The van der Waals surface area contributed by atoms with Crippen molar-refractivity contribution in [3.63, 3.8) is 0 Å². The van der Waals surface area contributed by atoms with E-state index in [0.717, 1.165) is 43.5 Å². The van der Waals surface area contributed by atoms with Crippen LogP contribution in [0.2, 0.25) is 0 Å². The van der Waals surface area contributed by atoms with E-state index in [1.54, 1.807) is 0 Å². The molecule has 2 N–H and O–H groups in total. The van der Waals surface area contributed by atoms with Crippen LogP contribution in [-0.4, -0.2) is 31.6 Å². The van der Waals surface area contributed by atoms with Crippen molar-refractivity contribution in [3.05, 3.63) is 29.3 Å². The third-order valence-corrected chi connectivity index (χ3v) is 6.56. The monoisotopic (exact) mass is 309 g/mol. The molecule has 21 heavy (non-hydrogen) atoms. The van der Waals surface area contributed by atoms with Crippen LogP contribution in [0.15, 0.2) is 18.2 Å². The zero-order valence-corrected chi connectivity index (χ0v) is 13.2. The van der Waals surface area contributed by atoms with Gasteiger partial charge in [-0.25, -0.2) is 8.42 Å². The molecule has 0 radical (unpaired) electrons. The van der Waals surface area contributed by atoms with Gasteiger partial charge in [-0.2, -0.15) is 0 Å². The van der Waals surface area contributed by atoms with Gasteiger partial charge in [0.05, 0.1) is 11.4 Å². The predicted octanol–water partition coefficient (Wildman–Crippen LogP) is 2.29. The fourth-order valence-electron chi connectivity index (χ4n) is 3.72. The van der Waals surface area contributed by atoms with Gasteiger partial charge >= 0.3 is 0 Å². The number of para-hydroxylation sites is 1. The van der Waals surface area contributed by atoms with E-state index in [2.05, 4.69) is 11.4 Å². The Morgan fingerprint density at radius 3 is 2.90 bits per heavy atom. The van der Waals surface area contributed by atoms with E-state index < -0.39 is 15.9 Å². The van der Waals surface area contributed by atoms with Crippen LogP contribution in [0.1, 0.15) is 42.9 Å². The summed E-state index contributed by atoms with van der Waals surface area (Å²) in [6, 6.07) is 6.04. The number of sulfone groups is 1. The van der Waals surface area contributed by atoms with Gasteiger partial charge < -0.3 is 10.4 Å². The van der Waals surface area contributed by atoms with Crippen LogP contribution >= 0.6 is 0 Å². The number of nitrogens with one attached hydrogen (secondary N) is 1. The molecule has 0 bridgehead atoms. The summed E-state index contributed by atoms with van der Waals surface area (Å²) in [6.45, 7) is 0.912. The lowest BCUT2D eigenvalue weighted by Crippen LogP contribution is -2.30. The van der Waals surface area contributed by atoms with E-state index in [-0.39, 0.29) is 11.2 Å². The molecule has 116 valence electrons. The van der Waals surface area contributed by atoms with Crippen molar-refractivity contribution in [2.45, 2.75) is 43.5 Å². The molecule has 0 spiro atoms. The first-order chi connectivity index (χ1) is 9.97. The fraction of sp³-hybridized carbons (Fsp3) is 0.625. The molecule has 1 aliphatic heterocycles. The third-order valence-electron chi connectivity index (χ3n) is 4.92. The molecular weight excluding hydrogens is 286 g/mol. The molecule has 1 saturated carbocycles. The van der Waals surface area contributed by atoms with Gasteiger partial charge in [0, 0.05) is 24.1 Å². The highest BCUT2D eigenvalue weighted by Crippen LogP contribution is 2.40. The van der Waals surface area contributed by atoms with Crippen molar-refractivity contribution in [3.8, 4) is 0 Å². The quantitative estimate of drug-likeness (QED) is 0.899. The standard InChI is InChI=1S/C16H23NO3S/c1-21(19,20)13-6-2-5-12(10-13)16(18)14-7-3-4-11-8-9-17-15(11)14/h3-4,7,12-13,16-18H,2,5-6,8-10H2,1H3. The van der Waals surface area contributed by atoms with Crippen LogP contribution in [0.3, 0.4) is 0 Å². The molecule has 3 unspecified atom stereocenters. The number of anilines is 1. The van der Waals surface area contributed by atoms with Gasteiger partial charge in [-0.1, -0.05) is 24.6 Å². The number of fused-ring (bicyclic) bond motifs is 1. The van der Waals surface area contributed by atoms with Crippen LogP contribution < -0.4 is 5.32 Å². The van der Waals surface area contributed by atoms with Gasteiger partial charge in [0.1, 0.15) is 9.84 Å². The molecule has 4 nitrogen and oxygen atoms in total. The van der Waals surface area contributed by atoms with Gasteiger partial charge in [0.15, 0.2) is 0 Å². The maximum atomic E-state index is 11.8. The van der Waals surface area contributed by atoms with E-state index in [1.165, 1.54) is 11.8 Å². The van der Waals surface area contributed by atoms with Crippen molar-refractivity contribution >= 4 is 15.5 Å². The smallest absolute Gasteiger partial charge is 0.150 e. The van der Waals surface area contributed by atoms with Gasteiger partial charge in [-0.05, 0) is 37.2 Å². The average Bonchev–Trinajstić information content (AvgIpc) is 2.94. The van der Waals surface area contributed by atoms with Crippen molar-refractivity contribution in [1.82, 2.24) is 0 Å². The van der Waals surface area contributed by atoms with Gasteiger partial charge in [-0.15, -0.1) is 0 Å². The second-order valence-electron chi connectivity index (χ2n) is 6.38. The van der Waals surface area contributed by atoms with E-state index in [0.29, 0.717) is 6.42 Å². The number of hydrogen-bond donors (Lipinski definition) is 2. The molecule has 2 aliphatic rings. The molecule has 3 atom stereocenters. The van der Waals surface area contributed by atoms with E-state index in [4.69, 9.17) is 0 Å². The Kier molecular flexibility index (Phi) is 3.97. The Labute approximate surface area is 126 Å². The van der Waals surface area contributed by atoms with Crippen LogP contribution in [0.4, 0.5) is 5.69 Å². The summed E-state index contributed by atoms with van der Waals surface area (Å²) in [4.78, 5) is 0. The highest BCUT2D eigenvalue weighted by Gasteiger charge is 2.34. The second kappa shape index (κ2) is 5.61. The third kappa shape index (κ3) is 2.94. The lowest BCUT2D eigenvalue weighted by atomic mass is 9.81. The maximum absolute atomic E-state index is 11.8. The zero-order chi connectivity index (χ0) is 15.0. The largest absolute Gasteiger partial charge is 0.388 e. The lowest BCUT2D eigenvalue weighted by molar-refractivity contribution is 0.0863. The molecule has 0 amide bonds. The normalized spacial score (nSPS) is 27.0. The highest BCUT2D eigenvalue weighted by molar-refractivity contribution is 7.91. The molecule has 0 saturated heterocycles. The molecule has 1 aromatic carbocycles. The molecule has 3 rings (SSSR count). The SMILES string of the molecule is CS(=O)(=O)C1CCCC(C(O)c2cccc3c2NCC3)C1. The van der Waals surface area contributed by atoms with Crippen molar-refractivity contribution in [2.24, 2.45) is 5.92 Å². The number of aliphatic hydroxyl groups is 1. The van der Waals surface area contributed by atoms with Crippen LogP contribution in [0.25, 0.3) is 0 Å². The molecule has 5 heteroatoms. The molecule has 0 aromatic heterocycles. The first-order valence-corrected chi connectivity index (χ1v) is 9.65. The summed E-state index contributed by atoms with van der Waals surface area (Å²) in [6.07, 6.45) is 4.81. The number of aliphatic hydroxyl groups excluding tert-OH is 1. The number of hydrogen-bond acceptors (Lipinski definition) is 4. The topological polar surface area (TPSA) is 66.4 Å². The van der Waals surface area contributed by atoms with Crippen LogP contribution in [0.5, 0.6) is 0 Å². The molecular formula is C16H23NO3S. The highest BCUT2D eigenvalue weighted by atomic mass is 32.2. The Morgan fingerprint density at radius 2 is 2.14 bits per heavy atom. The average molecular weight is 309 g/mol. The summed E-state index contributed by atoms with van der Waals surface area (Å²) in [7, 11) is -3.01. The zero-order valence-electron chi connectivity index (χ0n) is 12.4. The number of benzene rings is 1. The summed E-state index contributed by atoms with van der Waals surface area (Å²) in [5.41, 5.74) is 3.25. The molecule has 1 heterocycles. The second-order valence-corrected chi connectivity index (χ2v) is 8.71. The minimum atomic E-state index is -3.01. The predicted molar refractivity (Wildman–Crippen MR) is 84.2 cm³/mol. The first kappa shape index (κ1) is 14.9. The van der Waals surface area contributed by atoms with E-state index >= 15 is 0 Å². The molecule has 1 aliphatic carbocycles. The Hall–Kier alpha value is -1.07. The Balaban J connectivity index is 1.82. The first-order valence-electron chi connectivity index (χ1n) is 7.69. The fourth-order valence-corrected chi connectivity index (χ4v) is 4.91. The summed E-state index contributed by atoms with van der Waals surface area (Å²) in [5.74, 6) is 0.0346. The summed E-state index contributed by atoms with van der Waals surface area (Å²) >= 11 is 0. The maximum Gasteiger partial charge on any atom is 0.150 e. The van der Waals surface area contributed by atoms with Gasteiger partial charge in [0.2, 0.25) is 0 Å². The Morgan fingerprint density at radius 1 is 1.33 bits per heavy atom. The van der Waals surface area contributed by atoms with E-state index in [9.17, 15) is 13.5 Å². The minimum Gasteiger partial charge on any atom is -0.388 e. The van der Waals surface area contributed by atoms with Crippen molar-refractivity contribution in [2.75, 3.05) is 18.1 Å².